The van der Waals surface area contributed by atoms with Gasteiger partial charge in [-0.1, -0.05) is 17.6 Å². The fourth-order valence-electron chi connectivity index (χ4n) is 2.77. The van der Waals surface area contributed by atoms with Crippen LogP contribution in [0.4, 0.5) is 0 Å². The maximum Gasteiger partial charge on any atom is 2.00 e. The van der Waals surface area contributed by atoms with Gasteiger partial charge in [0.1, 0.15) is 11.5 Å². The molecule has 4 aromatic heterocycles. The summed E-state index contributed by atoms with van der Waals surface area (Å²) in [5.41, 5.74) is 1.79. The van der Waals surface area contributed by atoms with Crippen molar-refractivity contribution in [3.63, 3.8) is 0 Å². The van der Waals surface area contributed by atoms with E-state index in [1.165, 1.54) is 59.6 Å². The van der Waals surface area contributed by atoms with Gasteiger partial charge in [-0.25, -0.2) is 14.9 Å². The Morgan fingerprint density at radius 3 is 1.33 bits per heavy atom. The Morgan fingerprint density at radius 1 is 0.767 bits per heavy atom. The SMILES string of the molecule is N#C[S-].O=C(O)c1ccnc(-c2cc(C(=O)O)ccn2)c1.O=COc1ccnc(-c2cc(OC=O)ccn2)c1.[N-]=C=S.[Ru+2]. The standard InChI is InChI=1S/2C12H8N2O4.CHNS.CNS.Ru/c15-7-17-9-1-3-13-11(5-9)12-6-10(18-8-16)2-4-14-12;15-11(16)7-1-3-13-9(5-7)10-6-8(12(17)18)2-4-14-10;2*2-1-3;/h1-8H;1-6H,(H,15,16)(H,17,18);3H;;/q;;;-1;+2/p-1. The van der Waals surface area contributed by atoms with Gasteiger partial charge < -0.3 is 37.7 Å². The topological polar surface area (TPSA) is 225 Å². The second-order valence-electron chi connectivity index (χ2n) is 6.83. The number of isothiocyanates is 1. The molecule has 0 aliphatic heterocycles. The van der Waals surface area contributed by atoms with Crippen LogP contribution >= 0.6 is 12.2 Å². The van der Waals surface area contributed by atoms with Crippen LogP contribution in [0.1, 0.15) is 20.7 Å². The molecule has 4 heterocycles. The van der Waals surface area contributed by atoms with Crippen LogP contribution in [-0.4, -0.2) is 60.2 Å². The van der Waals surface area contributed by atoms with Crippen molar-refractivity contribution in [2.75, 3.05) is 0 Å². The van der Waals surface area contributed by atoms with Gasteiger partial charge in [-0.2, -0.15) is 5.16 Å². The largest absolute Gasteiger partial charge is 2.00 e. The van der Waals surface area contributed by atoms with Gasteiger partial charge in [-0.15, -0.1) is 0 Å². The minimum absolute atomic E-state index is 0. The average molecular weight is 706 g/mol. The molecule has 14 nitrogen and oxygen atoms in total. The molecule has 0 fully saturated rings. The molecule has 4 aromatic rings. The molecule has 4 rings (SSSR count). The van der Waals surface area contributed by atoms with Crippen molar-refractivity contribution < 1.29 is 58.3 Å². The van der Waals surface area contributed by atoms with Crippen molar-refractivity contribution in [3.8, 4) is 39.7 Å². The smallest absolute Gasteiger partial charge is 0.753 e. The number of thiocyanates is 1. The number of carbonyl (C=O) groups is 4. The summed E-state index contributed by atoms with van der Waals surface area (Å²) in [4.78, 5) is 58.3. The predicted molar refractivity (Wildman–Crippen MR) is 151 cm³/mol. The molecule has 0 spiro atoms. The third-order valence-electron chi connectivity index (χ3n) is 4.37. The van der Waals surface area contributed by atoms with E-state index >= 15 is 0 Å². The second kappa shape index (κ2) is 21.4. The monoisotopic (exact) mass is 706 g/mol. The first-order valence-electron chi connectivity index (χ1n) is 10.8. The Morgan fingerprint density at radius 2 is 1.05 bits per heavy atom. The number of carboxylic acids is 2. The van der Waals surface area contributed by atoms with E-state index in [9.17, 15) is 19.2 Å². The number of aromatic nitrogens is 4. The van der Waals surface area contributed by atoms with Gasteiger partial charge in [0.25, 0.3) is 12.9 Å². The fraction of sp³-hybridized carbons (Fsp3) is 0. The summed E-state index contributed by atoms with van der Waals surface area (Å²) >= 11 is 7.40. The van der Waals surface area contributed by atoms with Crippen LogP contribution in [0.2, 0.25) is 0 Å². The molecule has 0 atom stereocenters. The summed E-state index contributed by atoms with van der Waals surface area (Å²) in [7, 11) is 0. The maximum absolute atomic E-state index is 10.8. The van der Waals surface area contributed by atoms with Gasteiger partial charge in [0.2, 0.25) is 0 Å². The maximum atomic E-state index is 10.8. The summed E-state index contributed by atoms with van der Waals surface area (Å²) in [6.45, 7) is 0.664. The van der Waals surface area contributed by atoms with Gasteiger partial charge >= 0.3 is 31.4 Å². The number of nitrogens with zero attached hydrogens (tertiary/aromatic N) is 6. The van der Waals surface area contributed by atoms with Crippen LogP contribution in [0, 0.1) is 10.7 Å². The summed E-state index contributed by atoms with van der Waals surface area (Å²) in [6.07, 6.45) is 5.66. The number of thiocarbonyl (C=S) groups is 1. The number of carbonyl (C=O) groups excluding carboxylic acids is 2. The molecule has 0 amide bonds. The Kier molecular flexibility index (Phi) is 18.7. The molecular weight excluding hydrogens is 690 g/mol. The summed E-state index contributed by atoms with van der Waals surface area (Å²) in [5.74, 6) is -1.43. The van der Waals surface area contributed by atoms with Gasteiger partial charge in [0, 0.05) is 36.9 Å². The van der Waals surface area contributed by atoms with Crippen LogP contribution in [0.25, 0.3) is 28.2 Å². The fourth-order valence-corrected chi connectivity index (χ4v) is 2.77. The molecule has 0 radical (unpaired) electrons. The molecule has 218 valence electrons. The molecule has 0 aliphatic carbocycles. The quantitative estimate of drug-likeness (QED) is 0.0669. The number of ether oxygens (including phenoxy) is 2. The van der Waals surface area contributed by atoms with E-state index in [1.54, 1.807) is 24.3 Å². The van der Waals surface area contributed by atoms with Crippen molar-refractivity contribution >= 4 is 54.9 Å². The zero-order valence-electron chi connectivity index (χ0n) is 21.3. The van der Waals surface area contributed by atoms with Crippen LogP contribution in [0.3, 0.4) is 0 Å². The van der Waals surface area contributed by atoms with E-state index in [2.05, 4.69) is 44.8 Å². The Bertz CT molecular complexity index is 1510. The molecule has 0 bridgehead atoms. The molecule has 43 heavy (non-hydrogen) atoms. The van der Waals surface area contributed by atoms with E-state index in [0.29, 0.717) is 47.2 Å². The zero-order valence-corrected chi connectivity index (χ0v) is 24.7. The molecule has 17 heteroatoms. The van der Waals surface area contributed by atoms with Gasteiger partial charge in [-0.05, 0) is 36.4 Å². The number of carboxylic acid groups (broad SMARTS) is 2. The number of hydrogen-bond donors (Lipinski definition) is 2. The number of pyridine rings is 4. The van der Waals surface area contributed by atoms with Crippen LogP contribution in [0.15, 0.2) is 73.3 Å². The van der Waals surface area contributed by atoms with E-state index in [-0.39, 0.29) is 30.6 Å². The second-order valence-corrected chi connectivity index (χ2v) is 7.20. The van der Waals surface area contributed by atoms with Crippen molar-refractivity contribution in [1.82, 2.24) is 19.9 Å². The normalized spacial score (nSPS) is 8.53. The van der Waals surface area contributed by atoms with E-state index in [4.69, 9.17) is 30.4 Å². The molecule has 0 aliphatic rings. The number of rotatable bonds is 8. The van der Waals surface area contributed by atoms with Gasteiger partial charge in [-0.3, -0.25) is 29.5 Å². The average Bonchev–Trinajstić information content (AvgIpc) is 2.99. The molecule has 0 saturated heterocycles. The molecule has 0 saturated carbocycles. The van der Waals surface area contributed by atoms with Crippen LogP contribution in [0.5, 0.6) is 11.5 Å². The summed E-state index contributed by atoms with van der Waals surface area (Å²) < 4.78 is 9.42. The van der Waals surface area contributed by atoms with Gasteiger partial charge in [0.05, 0.1) is 33.9 Å². The molecule has 0 unspecified atom stereocenters. The minimum atomic E-state index is -1.08. The third kappa shape index (κ3) is 13.7. The van der Waals surface area contributed by atoms with Crippen molar-refractivity contribution in [2.45, 2.75) is 0 Å². The Labute approximate surface area is 267 Å². The van der Waals surface area contributed by atoms with E-state index in [0.717, 1.165) is 0 Å². The predicted octanol–water partition coefficient (Wildman–Crippen LogP) is 3.42. The first kappa shape index (κ1) is 37.6. The Balaban J connectivity index is 0.000000680. The molecular formula is C26H16N6O8RuS2. The van der Waals surface area contributed by atoms with Crippen molar-refractivity contribution in [1.29, 1.82) is 5.26 Å². The van der Waals surface area contributed by atoms with Crippen LogP contribution < -0.4 is 9.47 Å². The number of aromatic carboxylic acids is 2. The molecule has 2 N–H and O–H groups in total. The minimum Gasteiger partial charge on any atom is -0.753 e. The van der Waals surface area contributed by atoms with E-state index < -0.39 is 11.9 Å². The van der Waals surface area contributed by atoms with Crippen LogP contribution in [-0.2, 0) is 41.7 Å². The van der Waals surface area contributed by atoms with Gasteiger partial charge in [0.15, 0.2) is 0 Å². The molecule has 0 aromatic carbocycles. The first-order valence-corrected chi connectivity index (χ1v) is 11.6. The summed E-state index contributed by atoms with van der Waals surface area (Å²) in [5, 5.41) is 34.6. The first-order chi connectivity index (χ1) is 20.2. The zero-order chi connectivity index (χ0) is 31.3. The van der Waals surface area contributed by atoms with E-state index in [1.807, 2.05) is 0 Å². The number of hydrogen-bond acceptors (Lipinski definition) is 13. The third-order valence-corrected chi connectivity index (χ3v) is 4.37. The van der Waals surface area contributed by atoms with Crippen molar-refractivity contribution in [3.05, 3.63) is 89.9 Å². The Hall–Kier alpha value is -5.39. The number of nitriles is 1. The van der Waals surface area contributed by atoms with Crippen molar-refractivity contribution in [2.24, 2.45) is 0 Å². The summed E-state index contributed by atoms with van der Waals surface area (Å²) in [6, 6.07) is 11.6.